The number of hydrogen-bond donors (Lipinski definition) is 0. The molecule has 0 N–H and O–H groups in total. The molecule has 0 unspecified atom stereocenters. The fraction of sp³-hybridized carbons (Fsp3) is 0.100. The number of aromatic nitrogens is 1. The highest BCUT2D eigenvalue weighted by Crippen LogP contribution is 2.32. The molecular formula is C10H8N2OS3. The van der Waals surface area contributed by atoms with Crippen LogP contribution in [0.5, 0.6) is 0 Å². The van der Waals surface area contributed by atoms with E-state index in [9.17, 15) is 4.79 Å². The first kappa shape index (κ1) is 11.5. The maximum Gasteiger partial charge on any atom is 0.266 e. The highest BCUT2D eigenvalue weighted by molar-refractivity contribution is 8.26. The number of thiazole rings is 1. The van der Waals surface area contributed by atoms with Crippen LogP contribution in [0.2, 0.25) is 0 Å². The predicted octanol–water partition coefficient (Wildman–Crippen LogP) is 2.53. The van der Waals surface area contributed by atoms with Gasteiger partial charge in [-0.15, -0.1) is 17.9 Å². The normalized spacial score (nSPS) is 18.5. The van der Waals surface area contributed by atoms with Crippen molar-refractivity contribution >= 4 is 51.6 Å². The Morgan fingerprint density at radius 2 is 2.44 bits per heavy atom. The van der Waals surface area contributed by atoms with E-state index in [-0.39, 0.29) is 5.91 Å². The van der Waals surface area contributed by atoms with Gasteiger partial charge < -0.3 is 0 Å². The zero-order valence-corrected chi connectivity index (χ0v) is 10.7. The van der Waals surface area contributed by atoms with Crippen LogP contribution in [-0.4, -0.2) is 26.7 Å². The van der Waals surface area contributed by atoms with Crippen LogP contribution in [0.4, 0.5) is 0 Å². The molecule has 0 saturated carbocycles. The molecule has 0 radical (unpaired) electrons. The topological polar surface area (TPSA) is 33.2 Å². The number of carbonyl (C=O) groups excluding carboxylic acids is 1. The first-order chi connectivity index (χ1) is 7.72. The molecule has 1 aromatic heterocycles. The number of thioether (sulfide) groups is 1. The molecule has 0 aromatic carbocycles. The summed E-state index contributed by atoms with van der Waals surface area (Å²) in [7, 11) is 0. The SMILES string of the molecule is C=CCN1C(=O)C(=Cc2nccs2)SC1=S. The van der Waals surface area contributed by atoms with E-state index in [4.69, 9.17) is 12.2 Å². The zero-order valence-electron chi connectivity index (χ0n) is 8.25. The minimum Gasteiger partial charge on any atom is -0.289 e. The summed E-state index contributed by atoms with van der Waals surface area (Å²) in [5, 5.41) is 2.69. The molecule has 2 rings (SSSR count). The van der Waals surface area contributed by atoms with E-state index < -0.39 is 0 Å². The van der Waals surface area contributed by atoms with Crippen LogP contribution < -0.4 is 0 Å². The van der Waals surface area contributed by atoms with Gasteiger partial charge in [0.1, 0.15) is 9.33 Å². The number of hydrogen-bond acceptors (Lipinski definition) is 5. The molecule has 1 aliphatic rings. The Morgan fingerprint density at radius 1 is 1.62 bits per heavy atom. The van der Waals surface area contributed by atoms with E-state index in [1.165, 1.54) is 28.0 Å². The Morgan fingerprint density at radius 3 is 3.06 bits per heavy atom. The molecule has 1 aromatic rings. The summed E-state index contributed by atoms with van der Waals surface area (Å²) in [6, 6.07) is 0. The van der Waals surface area contributed by atoms with Crippen LogP contribution in [-0.2, 0) is 4.79 Å². The summed E-state index contributed by atoms with van der Waals surface area (Å²) in [5.74, 6) is -0.0647. The van der Waals surface area contributed by atoms with E-state index in [0.717, 1.165) is 5.01 Å². The Balaban J connectivity index is 2.23. The number of amides is 1. The molecular weight excluding hydrogens is 260 g/mol. The molecule has 0 bridgehead atoms. The summed E-state index contributed by atoms with van der Waals surface area (Å²) in [6.07, 6.45) is 5.14. The number of thiocarbonyl (C=S) groups is 1. The number of nitrogens with zero attached hydrogens (tertiary/aromatic N) is 2. The lowest BCUT2D eigenvalue weighted by Crippen LogP contribution is -2.27. The molecule has 0 spiro atoms. The van der Waals surface area contributed by atoms with Gasteiger partial charge in [0.25, 0.3) is 5.91 Å². The minimum atomic E-state index is -0.0647. The zero-order chi connectivity index (χ0) is 11.5. The standard InChI is InChI=1S/C10H8N2OS3/c1-2-4-12-9(13)7(16-10(12)14)6-8-11-3-5-15-8/h2-3,5-6H,1,4H2. The fourth-order valence-corrected chi connectivity index (χ4v) is 3.10. The van der Waals surface area contributed by atoms with Gasteiger partial charge in [-0.1, -0.05) is 30.1 Å². The number of rotatable bonds is 3. The second-order valence-electron chi connectivity index (χ2n) is 2.95. The van der Waals surface area contributed by atoms with Crippen molar-refractivity contribution in [3.05, 3.63) is 34.1 Å². The number of carbonyl (C=O) groups is 1. The quantitative estimate of drug-likeness (QED) is 0.479. The summed E-state index contributed by atoms with van der Waals surface area (Å²) in [5.41, 5.74) is 0. The minimum absolute atomic E-state index is 0.0647. The summed E-state index contributed by atoms with van der Waals surface area (Å²) in [4.78, 5) is 18.2. The Labute approximate surface area is 107 Å². The van der Waals surface area contributed by atoms with Crippen molar-refractivity contribution in [3.63, 3.8) is 0 Å². The highest BCUT2D eigenvalue weighted by Gasteiger charge is 2.31. The van der Waals surface area contributed by atoms with Crippen molar-refractivity contribution in [2.75, 3.05) is 6.54 Å². The van der Waals surface area contributed by atoms with E-state index in [0.29, 0.717) is 15.8 Å². The van der Waals surface area contributed by atoms with E-state index >= 15 is 0 Å². The van der Waals surface area contributed by atoms with Crippen molar-refractivity contribution in [2.24, 2.45) is 0 Å². The van der Waals surface area contributed by atoms with Gasteiger partial charge in [-0.2, -0.15) is 0 Å². The first-order valence-electron chi connectivity index (χ1n) is 4.48. The van der Waals surface area contributed by atoms with E-state index in [2.05, 4.69) is 11.6 Å². The molecule has 1 fully saturated rings. The highest BCUT2D eigenvalue weighted by atomic mass is 32.2. The molecule has 1 amide bonds. The first-order valence-corrected chi connectivity index (χ1v) is 6.58. The maximum absolute atomic E-state index is 11.9. The van der Waals surface area contributed by atoms with Gasteiger partial charge in [0.05, 0.1) is 4.91 Å². The summed E-state index contributed by atoms with van der Waals surface area (Å²) < 4.78 is 0.577. The van der Waals surface area contributed by atoms with Gasteiger partial charge in [-0.25, -0.2) is 4.98 Å². The lowest BCUT2D eigenvalue weighted by Gasteiger charge is -2.10. The largest absolute Gasteiger partial charge is 0.289 e. The van der Waals surface area contributed by atoms with Crippen molar-refractivity contribution in [3.8, 4) is 0 Å². The van der Waals surface area contributed by atoms with Crippen LogP contribution in [0.25, 0.3) is 6.08 Å². The van der Waals surface area contributed by atoms with Gasteiger partial charge in [0.15, 0.2) is 0 Å². The third-order valence-corrected chi connectivity index (χ3v) is 3.99. The molecule has 6 heteroatoms. The molecule has 3 nitrogen and oxygen atoms in total. The summed E-state index contributed by atoms with van der Waals surface area (Å²) >= 11 is 7.92. The van der Waals surface area contributed by atoms with Crippen LogP contribution in [0, 0.1) is 0 Å². The fourth-order valence-electron chi connectivity index (χ4n) is 1.20. The average Bonchev–Trinajstić information content (AvgIpc) is 2.84. The molecule has 0 atom stereocenters. The van der Waals surface area contributed by atoms with Crippen molar-refractivity contribution in [1.82, 2.24) is 9.88 Å². The molecule has 82 valence electrons. The van der Waals surface area contributed by atoms with Gasteiger partial charge in [0, 0.05) is 18.1 Å². The van der Waals surface area contributed by atoms with Gasteiger partial charge in [-0.3, -0.25) is 9.69 Å². The smallest absolute Gasteiger partial charge is 0.266 e. The van der Waals surface area contributed by atoms with Crippen LogP contribution >= 0.6 is 35.3 Å². The van der Waals surface area contributed by atoms with Crippen molar-refractivity contribution in [2.45, 2.75) is 0 Å². The maximum atomic E-state index is 11.9. The third kappa shape index (κ3) is 2.23. The molecule has 1 aliphatic heterocycles. The van der Waals surface area contributed by atoms with Gasteiger partial charge >= 0.3 is 0 Å². The Kier molecular flexibility index (Phi) is 3.52. The lowest BCUT2D eigenvalue weighted by molar-refractivity contribution is -0.121. The molecule has 2 heterocycles. The lowest BCUT2D eigenvalue weighted by atomic mass is 10.4. The predicted molar refractivity (Wildman–Crippen MR) is 72.2 cm³/mol. The van der Waals surface area contributed by atoms with Crippen LogP contribution in [0.3, 0.4) is 0 Å². The van der Waals surface area contributed by atoms with Gasteiger partial charge in [0.2, 0.25) is 0 Å². The Bertz CT molecular complexity index is 464. The monoisotopic (exact) mass is 268 g/mol. The van der Waals surface area contributed by atoms with Crippen LogP contribution in [0.15, 0.2) is 29.1 Å². The van der Waals surface area contributed by atoms with Crippen LogP contribution in [0.1, 0.15) is 5.01 Å². The third-order valence-electron chi connectivity index (χ3n) is 1.89. The second kappa shape index (κ2) is 4.90. The average molecular weight is 268 g/mol. The van der Waals surface area contributed by atoms with Crippen molar-refractivity contribution < 1.29 is 4.79 Å². The second-order valence-corrected chi connectivity index (χ2v) is 5.55. The molecule has 0 aliphatic carbocycles. The van der Waals surface area contributed by atoms with Crippen molar-refractivity contribution in [1.29, 1.82) is 0 Å². The summed E-state index contributed by atoms with van der Waals surface area (Å²) in [6.45, 7) is 4.06. The van der Waals surface area contributed by atoms with E-state index in [1.807, 2.05) is 5.38 Å². The molecule has 16 heavy (non-hydrogen) atoms. The Hall–Kier alpha value is -0.980. The van der Waals surface area contributed by atoms with Gasteiger partial charge in [-0.05, 0) is 6.08 Å². The van der Waals surface area contributed by atoms with E-state index in [1.54, 1.807) is 18.3 Å². The molecule has 1 saturated heterocycles.